The van der Waals surface area contributed by atoms with Gasteiger partial charge in [-0.25, -0.2) is 4.79 Å². The first kappa shape index (κ1) is 13.4. The van der Waals surface area contributed by atoms with Crippen LogP contribution in [-0.4, -0.2) is 31.9 Å². The molecule has 0 saturated carbocycles. The molecule has 0 aromatic carbocycles. The zero-order valence-electron chi connectivity index (χ0n) is 10.5. The first-order valence-corrected chi connectivity index (χ1v) is 5.68. The largest absolute Gasteiger partial charge is 0.444 e. The van der Waals surface area contributed by atoms with Gasteiger partial charge in [-0.2, -0.15) is 4.80 Å². The van der Waals surface area contributed by atoms with Gasteiger partial charge in [0.2, 0.25) is 0 Å². The van der Waals surface area contributed by atoms with Crippen LogP contribution < -0.4 is 5.73 Å². The van der Waals surface area contributed by atoms with Crippen molar-refractivity contribution in [2.24, 2.45) is 5.73 Å². The number of carbonyl (C=O) groups excluding carboxylic acids is 1. The van der Waals surface area contributed by atoms with Crippen LogP contribution in [0.4, 0.5) is 4.79 Å². The summed E-state index contributed by atoms with van der Waals surface area (Å²) in [7, 11) is 0. The van der Waals surface area contributed by atoms with Crippen molar-refractivity contribution in [2.45, 2.75) is 52.2 Å². The predicted octanol–water partition coefficient (Wildman–Crippen LogP) is 0.890. The van der Waals surface area contributed by atoms with Gasteiger partial charge in [0.15, 0.2) is 5.82 Å². The molecule has 0 fully saturated rings. The Hall–Kier alpha value is -1.66. The highest BCUT2D eigenvalue weighted by atomic mass is 16.6. The van der Waals surface area contributed by atoms with E-state index in [4.69, 9.17) is 10.5 Å². The summed E-state index contributed by atoms with van der Waals surface area (Å²) in [5.74, 6) is 0.734. The molecule has 1 heterocycles. The number of rotatable bonds is 6. The van der Waals surface area contributed by atoms with Crippen molar-refractivity contribution in [2.75, 3.05) is 0 Å². The Morgan fingerprint density at radius 3 is 2.76 bits per heavy atom. The Kier molecular flexibility index (Phi) is 4.42. The summed E-state index contributed by atoms with van der Waals surface area (Å²) in [5.41, 5.74) is 4.43. The van der Waals surface area contributed by atoms with Crippen LogP contribution in [0.3, 0.4) is 0 Å². The summed E-state index contributed by atoms with van der Waals surface area (Å²) in [6.45, 7) is 6.28. The van der Waals surface area contributed by atoms with Gasteiger partial charge in [0.05, 0.1) is 6.54 Å². The minimum atomic E-state index is -0.748. The van der Waals surface area contributed by atoms with Gasteiger partial charge in [-0.15, -0.1) is 10.2 Å². The van der Waals surface area contributed by atoms with E-state index in [1.54, 1.807) is 4.80 Å². The smallest absolute Gasteiger partial charge is 0.405 e. The molecule has 17 heavy (non-hydrogen) atoms. The summed E-state index contributed by atoms with van der Waals surface area (Å²) < 4.78 is 4.98. The molecule has 1 amide bonds. The van der Waals surface area contributed by atoms with Gasteiger partial charge in [-0.3, -0.25) is 0 Å². The predicted molar refractivity (Wildman–Crippen MR) is 61.2 cm³/mol. The quantitative estimate of drug-likeness (QED) is 0.797. The Balaban J connectivity index is 2.34. The summed E-state index contributed by atoms with van der Waals surface area (Å²) in [6, 6.07) is 0. The highest BCUT2D eigenvalue weighted by Crippen LogP contribution is 2.16. The number of nitrogens with two attached hydrogens (primary N) is 1. The van der Waals surface area contributed by atoms with Gasteiger partial charge in [0.25, 0.3) is 0 Å². The first-order chi connectivity index (χ1) is 7.93. The highest BCUT2D eigenvalue weighted by Gasteiger charge is 2.21. The maximum Gasteiger partial charge on any atom is 0.405 e. The van der Waals surface area contributed by atoms with Gasteiger partial charge in [-0.1, -0.05) is 6.92 Å². The van der Waals surface area contributed by atoms with Crippen LogP contribution in [-0.2, 0) is 17.7 Å². The number of aromatic nitrogens is 4. The molecule has 0 atom stereocenters. The average molecular weight is 241 g/mol. The third kappa shape index (κ3) is 4.80. The molecular formula is C10H19N5O2. The number of tetrazole rings is 1. The SMILES string of the molecule is CCc1nnn(CCCC(C)(C)OC(N)=O)n1. The lowest BCUT2D eigenvalue weighted by atomic mass is 10.0. The zero-order chi connectivity index (χ0) is 12.9. The lowest BCUT2D eigenvalue weighted by Gasteiger charge is -2.23. The molecule has 0 aliphatic rings. The molecule has 2 N–H and O–H groups in total. The van der Waals surface area contributed by atoms with Crippen LogP contribution >= 0.6 is 0 Å². The molecule has 0 aliphatic carbocycles. The van der Waals surface area contributed by atoms with E-state index in [1.807, 2.05) is 20.8 Å². The second kappa shape index (κ2) is 5.60. The number of carbonyl (C=O) groups is 1. The van der Waals surface area contributed by atoms with Gasteiger partial charge >= 0.3 is 6.09 Å². The van der Waals surface area contributed by atoms with E-state index in [9.17, 15) is 4.79 Å². The third-order valence-corrected chi connectivity index (χ3v) is 2.32. The monoisotopic (exact) mass is 241 g/mol. The number of ether oxygens (including phenoxy) is 1. The summed E-state index contributed by atoms with van der Waals surface area (Å²) >= 11 is 0. The molecule has 0 radical (unpaired) electrons. The lowest BCUT2D eigenvalue weighted by Crippen LogP contribution is -2.31. The number of hydrogen-bond donors (Lipinski definition) is 1. The van der Waals surface area contributed by atoms with Crippen LogP contribution in [0.2, 0.25) is 0 Å². The van der Waals surface area contributed by atoms with Crippen molar-refractivity contribution >= 4 is 6.09 Å². The fraction of sp³-hybridized carbons (Fsp3) is 0.800. The fourth-order valence-corrected chi connectivity index (χ4v) is 1.48. The van der Waals surface area contributed by atoms with E-state index in [-0.39, 0.29) is 0 Å². The highest BCUT2D eigenvalue weighted by molar-refractivity contribution is 5.65. The van der Waals surface area contributed by atoms with Crippen LogP contribution in [0.1, 0.15) is 39.4 Å². The molecule has 0 unspecified atom stereocenters. The molecule has 96 valence electrons. The van der Waals surface area contributed by atoms with Crippen LogP contribution in [0, 0.1) is 0 Å². The second-order valence-electron chi connectivity index (χ2n) is 4.44. The fourth-order valence-electron chi connectivity index (χ4n) is 1.48. The van der Waals surface area contributed by atoms with Crippen molar-refractivity contribution < 1.29 is 9.53 Å². The lowest BCUT2D eigenvalue weighted by molar-refractivity contribution is 0.0364. The maximum absolute atomic E-state index is 10.7. The summed E-state index contributed by atoms with van der Waals surface area (Å²) in [6.07, 6.45) is 1.51. The number of amides is 1. The minimum absolute atomic E-state index is 0.556. The Morgan fingerprint density at radius 2 is 2.24 bits per heavy atom. The van der Waals surface area contributed by atoms with Gasteiger partial charge in [0.1, 0.15) is 5.60 Å². The van der Waals surface area contributed by atoms with E-state index < -0.39 is 11.7 Å². The van der Waals surface area contributed by atoms with Crippen molar-refractivity contribution in [3.05, 3.63) is 5.82 Å². The van der Waals surface area contributed by atoms with Crippen molar-refractivity contribution in [3.8, 4) is 0 Å². The number of hydrogen-bond acceptors (Lipinski definition) is 5. The molecule has 0 spiro atoms. The van der Waals surface area contributed by atoms with Gasteiger partial charge in [0, 0.05) is 6.42 Å². The molecular weight excluding hydrogens is 222 g/mol. The molecule has 1 rings (SSSR count). The van der Waals surface area contributed by atoms with E-state index in [1.165, 1.54) is 0 Å². The average Bonchev–Trinajstić information content (AvgIpc) is 2.63. The summed E-state index contributed by atoms with van der Waals surface area (Å²) in [4.78, 5) is 12.2. The molecule has 7 heteroatoms. The first-order valence-electron chi connectivity index (χ1n) is 5.68. The minimum Gasteiger partial charge on any atom is -0.444 e. The second-order valence-corrected chi connectivity index (χ2v) is 4.44. The van der Waals surface area contributed by atoms with E-state index >= 15 is 0 Å². The van der Waals surface area contributed by atoms with Gasteiger partial charge in [-0.05, 0) is 31.9 Å². The van der Waals surface area contributed by atoms with E-state index in [2.05, 4.69) is 15.4 Å². The Labute approximate surface area is 100 Å². The van der Waals surface area contributed by atoms with Crippen LogP contribution in [0.25, 0.3) is 0 Å². The van der Waals surface area contributed by atoms with Crippen molar-refractivity contribution in [1.29, 1.82) is 0 Å². The van der Waals surface area contributed by atoms with E-state index in [0.29, 0.717) is 13.0 Å². The Bertz CT molecular complexity index is 375. The maximum atomic E-state index is 10.7. The van der Waals surface area contributed by atoms with E-state index in [0.717, 1.165) is 18.7 Å². The molecule has 0 saturated heterocycles. The number of nitrogens with zero attached hydrogens (tertiary/aromatic N) is 4. The summed E-state index contributed by atoms with van der Waals surface area (Å²) in [5, 5.41) is 12.0. The van der Waals surface area contributed by atoms with Gasteiger partial charge < -0.3 is 10.5 Å². The molecule has 0 aliphatic heterocycles. The number of aryl methyl sites for hydroxylation is 2. The Morgan fingerprint density at radius 1 is 1.53 bits per heavy atom. The number of primary amides is 1. The topological polar surface area (TPSA) is 95.9 Å². The normalized spacial score (nSPS) is 11.5. The third-order valence-electron chi connectivity index (χ3n) is 2.32. The zero-order valence-corrected chi connectivity index (χ0v) is 10.5. The molecule has 1 aromatic heterocycles. The molecule has 7 nitrogen and oxygen atoms in total. The van der Waals surface area contributed by atoms with Crippen molar-refractivity contribution in [3.63, 3.8) is 0 Å². The van der Waals surface area contributed by atoms with Crippen LogP contribution in [0.15, 0.2) is 0 Å². The molecule has 0 bridgehead atoms. The van der Waals surface area contributed by atoms with Crippen LogP contribution in [0.5, 0.6) is 0 Å². The van der Waals surface area contributed by atoms with Crippen molar-refractivity contribution in [1.82, 2.24) is 20.2 Å². The molecule has 1 aromatic rings. The standard InChI is InChI=1S/C10H19N5O2/c1-4-8-12-14-15(13-8)7-5-6-10(2,3)17-9(11)16/h4-7H2,1-3H3,(H2,11,16).